The first-order valence-electron chi connectivity index (χ1n) is 9.71. The van der Waals surface area contributed by atoms with Crippen molar-refractivity contribution in [3.63, 3.8) is 0 Å². The molecule has 29 heavy (non-hydrogen) atoms. The summed E-state index contributed by atoms with van der Waals surface area (Å²) in [6, 6.07) is 12.8. The lowest BCUT2D eigenvalue weighted by Crippen LogP contribution is -2.24. The summed E-state index contributed by atoms with van der Waals surface area (Å²) in [6.45, 7) is 2.59. The normalized spacial score (nSPS) is 17.7. The number of hydrogen-bond acceptors (Lipinski definition) is 5. The Labute approximate surface area is 188 Å². The molecule has 2 atom stereocenters. The number of esters is 1. The van der Waals surface area contributed by atoms with Gasteiger partial charge in [0.25, 0.3) is 0 Å². The van der Waals surface area contributed by atoms with Crippen LogP contribution in [0.1, 0.15) is 54.8 Å². The zero-order chi connectivity index (χ0) is 21.4. The summed E-state index contributed by atoms with van der Waals surface area (Å²) in [5, 5.41) is 4.63. The van der Waals surface area contributed by atoms with E-state index in [0.717, 1.165) is 17.7 Å². The molecule has 0 saturated carbocycles. The second-order valence-corrected chi connectivity index (χ2v) is 8.13. The van der Waals surface area contributed by atoms with E-state index in [9.17, 15) is 4.79 Å². The fourth-order valence-electron chi connectivity index (χ4n) is 3.55. The minimum absolute atomic E-state index is 0.213. The molecule has 0 fully saturated rings. The maximum atomic E-state index is 10.3. The number of benzene rings is 2. The molecule has 0 heterocycles. The van der Waals surface area contributed by atoms with Gasteiger partial charge in [0.2, 0.25) is 0 Å². The molecule has 1 aliphatic rings. The molecule has 158 valence electrons. The lowest BCUT2D eigenvalue weighted by atomic mass is 9.77. The third-order valence-corrected chi connectivity index (χ3v) is 5.93. The van der Waals surface area contributed by atoms with Crippen molar-refractivity contribution in [2.45, 2.75) is 43.0 Å². The van der Waals surface area contributed by atoms with Gasteiger partial charge in [0.1, 0.15) is 0 Å². The van der Waals surface area contributed by atoms with Gasteiger partial charge in [0, 0.05) is 23.4 Å². The highest BCUT2D eigenvalue weighted by Gasteiger charge is 2.27. The van der Waals surface area contributed by atoms with E-state index < -0.39 is 0 Å². The van der Waals surface area contributed by atoms with Crippen molar-refractivity contribution in [3.8, 4) is 0 Å². The third kappa shape index (κ3) is 6.63. The summed E-state index contributed by atoms with van der Waals surface area (Å²) in [5.74, 6) is 0.156. The number of thiol groups is 1. The van der Waals surface area contributed by atoms with Gasteiger partial charge in [-0.25, -0.2) is 0 Å². The molecule has 3 N–H and O–H groups in total. The Morgan fingerprint density at radius 1 is 1.17 bits per heavy atom. The topological polar surface area (TPSA) is 64.3 Å². The molecule has 0 aromatic heterocycles. The van der Waals surface area contributed by atoms with Gasteiger partial charge in [-0.1, -0.05) is 35.3 Å². The molecule has 0 saturated heterocycles. The van der Waals surface area contributed by atoms with E-state index in [2.05, 4.69) is 46.9 Å². The number of nitrogens with two attached hydrogens (primary N) is 1. The fraction of sp³-hybridized carbons (Fsp3) is 0.409. The van der Waals surface area contributed by atoms with Crippen LogP contribution in [0, 0.1) is 0 Å². The van der Waals surface area contributed by atoms with Gasteiger partial charge >= 0.3 is 5.97 Å². The quantitative estimate of drug-likeness (QED) is 0.419. The summed E-state index contributed by atoms with van der Waals surface area (Å²) in [6.07, 6.45) is 2.53. The van der Waals surface area contributed by atoms with Gasteiger partial charge in [-0.05, 0) is 67.8 Å². The Kier molecular flexibility index (Phi) is 9.80. The van der Waals surface area contributed by atoms with Crippen LogP contribution in [0.2, 0.25) is 10.0 Å². The molecular formula is C22H28Cl2N2O2S. The maximum Gasteiger partial charge on any atom is 0.307 e. The molecule has 2 unspecified atom stereocenters. The Balaban J connectivity index is 0.000000321. The first-order chi connectivity index (χ1) is 13.9. The van der Waals surface area contributed by atoms with Crippen molar-refractivity contribution < 1.29 is 9.53 Å². The van der Waals surface area contributed by atoms with Gasteiger partial charge < -0.3 is 15.8 Å². The van der Waals surface area contributed by atoms with Crippen LogP contribution in [0.25, 0.3) is 0 Å². The van der Waals surface area contributed by atoms with Crippen LogP contribution in [-0.4, -0.2) is 26.2 Å². The highest BCUT2D eigenvalue weighted by Crippen LogP contribution is 2.42. The van der Waals surface area contributed by atoms with Crippen LogP contribution in [0.3, 0.4) is 0 Å². The molecule has 0 aliphatic heterocycles. The minimum Gasteiger partial charge on any atom is -0.466 e. The Hall–Kier alpha value is -1.24. The standard InChI is InChI=1S/C17H17Cl2NS.C5H11NO2/c1-20-17-7-5-12(10-2-6-15(18)16(19)8-10)13-4-3-11(21)9-14(13)17;1-2-8-5(7)3-4-6/h2-4,6,8-9,12,17,20-21H,5,7H2,1H3;2-4,6H2,1H3. The monoisotopic (exact) mass is 454 g/mol. The number of rotatable bonds is 5. The zero-order valence-electron chi connectivity index (χ0n) is 16.8. The molecule has 0 amide bonds. The van der Waals surface area contributed by atoms with Gasteiger partial charge in [-0.3, -0.25) is 4.79 Å². The molecular weight excluding hydrogens is 427 g/mol. The van der Waals surface area contributed by atoms with Crippen molar-refractivity contribution in [2.24, 2.45) is 5.73 Å². The molecule has 2 aromatic rings. The minimum atomic E-state index is -0.213. The largest absolute Gasteiger partial charge is 0.466 e. The SMILES string of the molecule is CCOC(=O)CCN.CNC1CCC(c2ccc(Cl)c(Cl)c2)c2ccc(S)cc21. The molecule has 2 aromatic carbocycles. The molecule has 0 bridgehead atoms. The van der Waals surface area contributed by atoms with E-state index in [1.165, 1.54) is 16.7 Å². The Morgan fingerprint density at radius 3 is 2.55 bits per heavy atom. The van der Waals surface area contributed by atoms with Crippen LogP contribution in [0.4, 0.5) is 0 Å². The Bertz CT molecular complexity index is 824. The van der Waals surface area contributed by atoms with E-state index in [1.54, 1.807) is 6.92 Å². The van der Waals surface area contributed by atoms with E-state index in [0.29, 0.717) is 41.6 Å². The molecule has 0 radical (unpaired) electrons. The predicted octanol–water partition coefficient (Wildman–Crippen LogP) is 5.37. The number of hydrogen-bond donors (Lipinski definition) is 3. The molecule has 4 nitrogen and oxygen atoms in total. The van der Waals surface area contributed by atoms with Crippen molar-refractivity contribution in [3.05, 3.63) is 63.1 Å². The van der Waals surface area contributed by atoms with E-state index in [1.807, 2.05) is 19.2 Å². The lowest BCUT2D eigenvalue weighted by Gasteiger charge is -2.32. The van der Waals surface area contributed by atoms with Crippen molar-refractivity contribution in [2.75, 3.05) is 20.2 Å². The van der Waals surface area contributed by atoms with Gasteiger partial charge in [-0.15, -0.1) is 12.6 Å². The van der Waals surface area contributed by atoms with E-state index in [4.69, 9.17) is 28.9 Å². The summed E-state index contributed by atoms with van der Waals surface area (Å²) in [4.78, 5) is 11.3. The van der Waals surface area contributed by atoms with Crippen LogP contribution < -0.4 is 11.1 Å². The smallest absolute Gasteiger partial charge is 0.307 e. The number of halogens is 2. The van der Waals surface area contributed by atoms with Gasteiger partial charge in [0.15, 0.2) is 0 Å². The van der Waals surface area contributed by atoms with Crippen molar-refractivity contribution >= 4 is 41.8 Å². The number of ether oxygens (including phenoxy) is 1. The van der Waals surface area contributed by atoms with Crippen LogP contribution in [0.5, 0.6) is 0 Å². The zero-order valence-corrected chi connectivity index (χ0v) is 19.2. The average Bonchev–Trinajstić information content (AvgIpc) is 2.70. The molecule has 0 spiro atoms. The summed E-state index contributed by atoms with van der Waals surface area (Å²) >= 11 is 16.7. The Morgan fingerprint density at radius 2 is 1.93 bits per heavy atom. The summed E-state index contributed by atoms with van der Waals surface area (Å²) in [5.41, 5.74) is 8.99. The lowest BCUT2D eigenvalue weighted by molar-refractivity contribution is -0.142. The van der Waals surface area contributed by atoms with Crippen LogP contribution >= 0.6 is 35.8 Å². The second-order valence-electron chi connectivity index (χ2n) is 6.80. The number of fused-ring (bicyclic) bond motifs is 1. The highest BCUT2D eigenvalue weighted by atomic mass is 35.5. The number of nitrogens with one attached hydrogen (secondary N) is 1. The van der Waals surface area contributed by atoms with E-state index >= 15 is 0 Å². The predicted molar refractivity (Wildman–Crippen MR) is 123 cm³/mol. The van der Waals surface area contributed by atoms with Gasteiger partial charge in [0.05, 0.1) is 23.1 Å². The molecule has 1 aliphatic carbocycles. The second kappa shape index (κ2) is 11.8. The average molecular weight is 455 g/mol. The first kappa shape index (κ1) is 24.0. The fourth-order valence-corrected chi connectivity index (χ4v) is 4.07. The first-order valence-corrected chi connectivity index (χ1v) is 10.9. The van der Waals surface area contributed by atoms with Crippen LogP contribution in [-0.2, 0) is 9.53 Å². The van der Waals surface area contributed by atoms with Gasteiger partial charge in [-0.2, -0.15) is 0 Å². The maximum absolute atomic E-state index is 10.3. The molecule has 3 rings (SSSR count). The number of carbonyl (C=O) groups excluding carboxylic acids is 1. The molecule has 7 heteroatoms. The van der Waals surface area contributed by atoms with Crippen LogP contribution in [0.15, 0.2) is 41.3 Å². The van der Waals surface area contributed by atoms with Crippen molar-refractivity contribution in [1.29, 1.82) is 0 Å². The van der Waals surface area contributed by atoms with Crippen molar-refractivity contribution in [1.82, 2.24) is 5.32 Å². The third-order valence-electron chi connectivity index (χ3n) is 4.91. The highest BCUT2D eigenvalue weighted by molar-refractivity contribution is 7.80. The van der Waals surface area contributed by atoms with E-state index in [-0.39, 0.29) is 5.97 Å². The summed E-state index contributed by atoms with van der Waals surface area (Å²) < 4.78 is 4.56. The summed E-state index contributed by atoms with van der Waals surface area (Å²) in [7, 11) is 2.01. The number of carbonyl (C=O) groups is 1.